The van der Waals surface area contributed by atoms with Crippen molar-refractivity contribution < 1.29 is 27.1 Å². The number of hydrogen-bond acceptors (Lipinski definition) is 5. The molecule has 0 N–H and O–H groups in total. The number of carbonyl (C=O) groups is 1. The molecule has 0 saturated carbocycles. The maximum atomic E-state index is 13.3. The lowest BCUT2D eigenvalue weighted by Gasteiger charge is -2.24. The summed E-state index contributed by atoms with van der Waals surface area (Å²) in [7, 11) is 0. The summed E-state index contributed by atoms with van der Waals surface area (Å²) in [6.07, 6.45) is 0.507. The predicted octanol–water partition coefficient (Wildman–Crippen LogP) is 4.16. The van der Waals surface area contributed by atoms with Crippen LogP contribution in [0.1, 0.15) is 40.6 Å². The van der Waals surface area contributed by atoms with Gasteiger partial charge in [-0.25, -0.2) is 4.98 Å². The van der Waals surface area contributed by atoms with E-state index in [1.54, 1.807) is 0 Å². The molecule has 1 aliphatic heterocycles. The van der Waals surface area contributed by atoms with Crippen LogP contribution in [0, 0.1) is 0 Å². The van der Waals surface area contributed by atoms with E-state index >= 15 is 0 Å². The number of alkyl halides is 2. The Labute approximate surface area is 159 Å². The Balaban J connectivity index is 1.42. The summed E-state index contributed by atoms with van der Waals surface area (Å²) in [6, 6.07) is 11.7. The number of hydrogen-bond donors (Lipinski definition) is 0. The van der Waals surface area contributed by atoms with Gasteiger partial charge < -0.3 is 18.5 Å². The third-order valence-corrected chi connectivity index (χ3v) is 4.42. The third kappa shape index (κ3) is 3.76. The second-order valence-electron chi connectivity index (χ2n) is 6.61. The summed E-state index contributed by atoms with van der Waals surface area (Å²) in [4.78, 5) is 18.5. The van der Waals surface area contributed by atoms with Crippen molar-refractivity contribution in [1.82, 2.24) is 9.88 Å². The minimum absolute atomic E-state index is 0.118. The summed E-state index contributed by atoms with van der Waals surface area (Å²) in [5.74, 6) is -2.54. The molecular weight excluding hydrogens is 370 g/mol. The number of halogens is 2. The van der Waals surface area contributed by atoms with Crippen LogP contribution in [-0.4, -0.2) is 22.3 Å². The maximum absolute atomic E-state index is 13.3. The first-order valence-electron chi connectivity index (χ1n) is 8.83. The topological polar surface area (TPSA) is 68.7 Å². The van der Waals surface area contributed by atoms with Crippen molar-refractivity contribution in [2.45, 2.75) is 32.4 Å². The van der Waals surface area contributed by atoms with Crippen LogP contribution >= 0.6 is 0 Å². The van der Waals surface area contributed by atoms with Crippen LogP contribution in [0.4, 0.5) is 8.78 Å². The average Bonchev–Trinajstić information content (AvgIpc) is 3.33. The lowest BCUT2D eigenvalue weighted by atomic mass is 10.1. The van der Waals surface area contributed by atoms with E-state index in [9.17, 15) is 13.6 Å². The van der Waals surface area contributed by atoms with Crippen molar-refractivity contribution in [3.05, 3.63) is 71.3 Å². The fraction of sp³-hybridized carbons (Fsp3) is 0.300. The van der Waals surface area contributed by atoms with E-state index in [0.717, 1.165) is 18.7 Å². The molecule has 0 fully saturated rings. The lowest BCUT2D eigenvalue weighted by Crippen LogP contribution is -2.35. The molecule has 0 atom stereocenters. The van der Waals surface area contributed by atoms with Gasteiger partial charge in [0.1, 0.15) is 11.5 Å². The third-order valence-electron chi connectivity index (χ3n) is 4.42. The molecule has 2 aromatic heterocycles. The Hall–Kier alpha value is -3.16. The number of furan rings is 1. The average molecular weight is 388 g/mol. The van der Waals surface area contributed by atoms with Crippen molar-refractivity contribution in [3.8, 4) is 5.75 Å². The SMILES string of the molecule is CC(F)(F)c1ccc(C(=O)N2CCc3nc(COc4ccccc4)oc3C2)o1. The van der Waals surface area contributed by atoms with Crippen LogP contribution in [0.5, 0.6) is 5.75 Å². The summed E-state index contributed by atoms with van der Waals surface area (Å²) < 4.78 is 43.0. The highest BCUT2D eigenvalue weighted by Crippen LogP contribution is 2.29. The zero-order valence-electron chi connectivity index (χ0n) is 15.2. The molecule has 0 saturated heterocycles. The number of aromatic nitrogens is 1. The Morgan fingerprint density at radius 2 is 2.00 bits per heavy atom. The first kappa shape index (κ1) is 18.2. The van der Waals surface area contributed by atoms with E-state index in [1.807, 2.05) is 30.3 Å². The fourth-order valence-corrected chi connectivity index (χ4v) is 2.99. The van der Waals surface area contributed by atoms with Gasteiger partial charge in [0.25, 0.3) is 5.91 Å². The van der Waals surface area contributed by atoms with Gasteiger partial charge in [0.2, 0.25) is 5.89 Å². The van der Waals surface area contributed by atoms with Crippen molar-refractivity contribution in [1.29, 1.82) is 0 Å². The van der Waals surface area contributed by atoms with Gasteiger partial charge in [0.15, 0.2) is 18.1 Å². The molecule has 0 spiro atoms. The number of nitrogens with zero attached hydrogens (tertiary/aromatic N) is 2. The molecule has 8 heteroatoms. The van der Waals surface area contributed by atoms with E-state index in [0.29, 0.717) is 30.4 Å². The minimum atomic E-state index is -3.13. The number of rotatable bonds is 5. The number of fused-ring (bicyclic) bond motifs is 1. The normalized spacial score (nSPS) is 14.0. The molecule has 3 heterocycles. The van der Waals surface area contributed by atoms with E-state index in [2.05, 4.69) is 4.98 Å². The number of amides is 1. The van der Waals surface area contributed by atoms with Gasteiger partial charge in [0, 0.05) is 19.9 Å². The zero-order chi connectivity index (χ0) is 19.7. The molecule has 0 bridgehead atoms. The van der Waals surface area contributed by atoms with Gasteiger partial charge in [-0.05, 0) is 24.3 Å². The van der Waals surface area contributed by atoms with E-state index in [4.69, 9.17) is 13.6 Å². The van der Waals surface area contributed by atoms with Gasteiger partial charge in [-0.1, -0.05) is 18.2 Å². The summed E-state index contributed by atoms with van der Waals surface area (Å²) in [5.41, 5.74) is 0.774. The standard InChI is InChI=1S/C20H18F2N2O4/c1-20(21,22)17-8-7-15(27-17)19(25)24-10-9-14-16(11-24)28-18(23-14)12-26-13-5-3-2-4-6-13/h2-8H,9-12H2,1H3. The molecule has 28 heavy (non-hydrogen) atoms. The number of oxazole rings is 1. The monoisotopic (exact) mass is 388 g/mol. The Kier molecular flexibility index (Phi) is 4.62. The van der Waals surface area contributed by atoms with Gasteiger partial charge in [0.05, 0.1) is 12.2 Å². The summed E-state index contributed by atoms with van der Waals surface area (Å²) >= 11 is 0. The van der Waals surface area contributed by atoms with Gasteiger partial charge in [-0.3, -0.25) is 4.79 Å². The molecule has 146 valence electrons. The first-order chi connectivity index (χ1) is 13.4. The maximum Gasteiger partial charge on any atom is 0.301 e. The molecule has 4 rings (SSSR count). The molecule has 1 aromatic carbocycles. The smallest absolute Gasteiger partial charge is 0.301 e. The van der Waals surface area contributed by atoms with Crippen LogP contribution < -0.4 is 4.74 Å². The molecule has 0 aliphatic carbocycles. The van der Waals surface area contributed by atoms with E-state index in [1.165, 1.54) is 11.0 Å². The van der Waals surface area contributed by atoms with Crippen LogP contribution in [-0.2, 0) is 25.5 Å². The second kappa shape index (κ2) is 7.10. The van der Waals surface area contributed by atoms with Gasteiger partial charge in [-0.15, -0.1) is 0 Å². The van der Waals surface area contributed by atoms with E-state index < -0.39 is 17.6 Å². The summed E-state index contributed by atoms with van der Waals surface area (Å²) in [6.45, 7) is 1.50. The second-order valence-corrected chi connectivity index (χ2v) is 6.61. The van der Waals surface area contributed by atoms with Gasteiger partial charge >= 0.3 is 5.92 Å². The summed E-state index contributed by atoms with van der Waals surface area (Å²) in [5, 5.41) is 0. The molecule has 3 aromatic rings. The van der Waals surface area contributed by atoms with Crippen LogP contribution in [0.25, 0.3) is 0 Å². The predicted molar refractivity (Wildman–Crippen MR) is 94.0 cm³/mol. The van der Waals surface area contributed by atoms with Crippen LogP contribution in [0.15, 0.2) is 51.3 Å². The molecule has 1 aliphatic rings. The number of carbonyl (C=O) groups excluding carboxylic acids is 1. The largest absolute Gasteiger partial charge is 0.484 e. The number of ether oxygens (including phenoxy) is 1. The first-order valence-corrected chi connectivity index (χ1v) is 8.83. The highest BCUT2D eigenvalue weighted by molar-refractivity contribution is 5.91. The van der Waals surface area contributed by atoms with Crippen molar-refractivity contribution in [2.24, 2.45) is 0 Å². The number of para-hydroxylation sites is 1. The van der Waals surface area contributed by atoms with Crippen LogP contribution in [0.3, 0.4) is 0 Å². The highest BCUT2D eigenvalue weighted by atomic mass is 19.3. The molecular formula is C20H18F2N2O4. The molecule has 0 radical (unpaired) electrons. The number of benzene rings is 1. The Morgan fingerprint density at radius 3 is 2.71 bits per heavy atom. The van der Waals surface area contributed by atoms with Crippen molar-refractivity contribution >= 4 is 5.91 Å². The van der Waals surface area contributed by atoms with Crippen molar-refractivity contribution in [2.75, 3.05) is 6.54 Å². The minimum Gasteiger partial charge on any atom is -0.484 e. The van der Waals surface area contributed by atoms with Gasteiger partial charge in [-0.2, -0.15) is 8.78 Å². The van der Waals surface area contributed by atoms with Crippen LogP contribution in [0.2, 0.25) is 0 Å². The Morgan fingerprint density at radius 1 is 1.21 bits per heavy atom. The quantitative estimate of drug-likeness (QED) is 0.657. The van der Waals surface area contributed by atoms with E-state index in [-0.39, 0.29) is 18.9 Å². The molecule has 6 nitrogen and oxygen atoms in total. The highest BCUT2D eigenvalue weighted by Gasteiger charge is 2.32. The Bertz CT molecular complexity index is 976. The fourth-order valence-electron chi connectivity index (χ4n) is 2.99. The lowest BCUT2D eigenvalue weighted by molar-refractivity contribution is -0.00639. The van der Waals surface area contributed by atoms with Crippen molar-refractivity contribution in [3.63, 3.8) is 0 Å². The zero-order valence-corrected chi connectivity index (χ0v) is 15.2. The molecule has 1 amide bonds. The molecule has 0 unspecified atom stereocenters.